The molecule has 21 heavy (non-hydrogen) atoms. The van der Waals surface area contributed by atoms with Gasteiger partial charge in [-0.15, -0.1) is 0 Å². The number of carbonyl (C=O) groups is 1. The SMILES string of the molecule is Nc1ccc(C(=O)O)c(S(=O)(=O)Nc2ccnc(Cl)n2)c1. The summed E-state index contributed by atoms with van der Waals surface area (Å²) in [6.45, 7) is 0. The minimum Gasteiger partial charge on any atom is -0.478 e. The summed E-state index contributed by atoms with van der Waals surface area (Å²) in [6.07, 6.45) is 1.25. The maximum atomic E-state index is 12.3. The van der Waals surface area contributed by atoms with Crippen LogP contribution in [0.4, 0.5) is 11.5 Å². The van der Waals surface area contributed by atoms with Crippen molar-refractivity contribution in [3.8, 4) is 0 Å². The van der Waals surface area contributed by atoms with Crippen LogP contribution in [0.25, 0.3) is 0 Å². The number of aromatic carboxylic acids is 1. The number of hydrogen-bond acceptors (Lipinski definition) is 6. The van der Waals surface area contributed by atoms with Crippen molar-refractivity contribution >= 4 is 39.1 Å². The smallest absolute Gasteiger partial charge is 0.337 e. The van der Waals surface area contributed by atoms with Crippen LogP contribution in [0.2, 0.25) is 5.28 Å². The second-order valence-electron chi connectivity index (χ2n) is 3.88. The van der Waals surface area contributed by atoms with Gasteiger partial charge in [0.05, 0.1) is 5.56 Å². The Morgan fingerprint density at radius 3 is 2.67 bits per heavy atom. The van der Waals surface area contributed by atoms with E-state index in [1.807, 2.05) is 0 Å². The largest absolute Gasteiger partial charge is 0.478 e. The van der Waals surface area contributed by atoms with Crippen LogP contribution >= 0.6 is 11.6 Å². The van der Waals surface area contributed by atoms with Gasteiger partial charge in [-0.2, -0.15) is 4.98 Å². The number of nitrogens with zero attached hydrogens (tertiary/aromatic N) is 2. The van der Waals surface area contributed by atoms with Crippen molar-refractivity contribution in [1.82, 2.24) is 9.97 Å². The van der Waals surface area contributed by atoms with Gasteiger partial charge in [0.2, 0.25) is 5.28 Å². The summed E-state index contributed by atoms with van der Waals surface area (Å²) in [4.78, 5) is 17.9. The Morgan fingerprint density at radius 1 is 1.33 bits per heavy atom. The highest BCUT2D eigenvalue weighted by molar-refractivity contribution is 7.92. The molecule has 0 aliphatic rings. The molecule has 2 aromatic rings. The quantitative estimate of drug-likeness (QED) is 0.567. The molecule has 4 N–H and O–H groups in total. The maximum absolute atomic E-state index is 12.3. The Hall–Kier alpha value is -2.39. The highest BCUT2D eigenvalue weighted by atomic mass is 35.5. The van der Waals surface area contributed by atoms with E-state index in [2.05, 4.69) is 14.7 Å². The summed E-state index contributed by atoms with van der Waals surface area (Å²) in [7, 11) is -4.19. The summed E-state index contributed by atoms with van der Waals surface area (Å²) in [6, 6.07) is 4.73. The van der Waals surface area contributed by atoms with Gasteiger partial charge in [0.1, 0.15) is 10.7 Å². The summed E-state index contributed by atoms with van der Waals surface area (Å²) in [5, 5.41) is 8.90. The average Bonchev–Trinajstić information content (AvgIpc) is 2.37. The lowest BCUT2D eigenvalue weighted by Gasteiger charge is -2.10. The minimum absolute atomic E-state index is 0.0891. The molecule has 110 valence electrons. The number of anilines is 2. The molecule has 2 rings (SSSR count). The average molecular weight is 329 g/mol. The van der Waals surface area contributed by atoms with Gasteiger partial charge >= 0.3 is 5.97 Å². The van der Waals surface area contributed by atoms with Crippen LogP contribution in [0.15, 0.2) is 35.4 Å². The molecule has 0 aliphatic carbocycles. The van der Waals surface area contributed by atoms with Gasteiger partial charge in [-0.1, -0.05) is 0 Å². The van der Waals surface area contributed by atoms with E-state index in [9.17, 15) is 13.2 Å². The minimum atomic E-state index is -4.19. The number of carboxylic acids is 1. The third kappa shape index (κ3) is 3.38. The number of benzene rings is 1. The third-order valence-corrected chi connectivity index (χ3v) is 3.97. The van der Waals surface area contributed by atoms with E-state index in [0.717, 1.165) is 12.1 Å². The topological polar surface area (TPSA) is 135 Å². The second-order valence-corrected chi connectivity index (χ2v) is 5.87. The van der Waals surface area contributed by atoms with Crippen LogP contribution < -0.4 is 10.5 Å². The van der Waals surface area contributed by atoms with Gasteiger partial charge in [-0.3, -0.25) is 4.72 Å². The molecule has 1 aromatic heterocycles. The highest BCUT2D eigenvalue weighted by Crippen LogP contribution is 2.22. The molecule has 0 saturated heterocycles. The molecule has 0 spiro atoms. The first-order valence-corrected chi connectivity index (χ1v) is 7.30. The Bertz CT molecular complexity index is 810. The molecule has 0 saturated carbocycles. The fourth-order valence-electron chi connectivity index (χ4n) is 1.52. The zero-order valence-electron chi connectivity index (χ0n) is 10.3. The third-order valence-electron chi connectivity index (χ3n) is 2.39. The van der Waals surface area contributed by atoms with Gasteiger partial charge in [-0.05, 0) is 35.9 Å². The molecule has 10 heteroatoms. The van der Waals surface area contributed by atoms with E-state index < -0.39 is 26.5 Å². The number of sulfonamides is 1. The lowest BCUT2D eigenvalue weighted by atomic mass is 10.2. The number of nitrogens with one attached hydrogen (secondary N) is 1. The molecule has 1 heterocycles. The standard InChI is InChI=1S/C11H9ClN4O4S/c12-11-14-4-3-9(15-11)16-21(19,20)8-5-6(13)1-2-7(8)10(17)18/h1-5H,13H2,(H,17,18)(H,14,15,16). The van der Waals surface area contributed by atoms with Gasteiger partial charge in [0, 0.05) is 11.9 Å². The maximum Gasteiger partial charge on any atom is 0.337 e. The van der Waals surface area contributed by atoms with E-state index in [4.69, 9.17) is 22.4 Å². The molecule has 0 bridgehead atoms. The van der Waals surface area contributed by atoms with E-state index >= 15 is 0 Å². The summed E-state index contributed by atoms with van der Waals surface area (Å²) in [5.74, 6) is -1.48. The van der Waals surface area contributed by atoms with E-state index in [-0.39, 0.29) is 16.8 Å². The first-order chi connectivity index (χ1) is 9.79. The number of rotatable bonds is 4. The second kappa shape index (κ2) is 5.54. The molecule has 0 radical (unpaired) electrons. The molecule has 0 aliphatic heterocycles. The van der Waals surface area contributed by atoms with Crippen LogP contribution in [0.1, 0.15) is 10.4 Å². The van der Waals surface area contributed by atoms with Crippen molar-refractivity contribution in [2.24, 2.45) is 0 Å². The molecule has 0 atom stereocenters. The number of carboxylic acid groups (broad SMARTS) is 1. The summed E-state index contributed by atoms with van der Waals surface area (Å²) >= 11 is 5.56. The van der Waals surface area contributed by atoms with Gasteiger partial charge in [0.25, 0.3) is 10.0 Å². The van der Waals surface area contributed by atoms with Crippen molar-refractivity contribution in [2.45, 2.75) is 4.90 Å². The van der Waals surface area contributed by atoms with Crippen molar-refractivity contribution in [3.63, 3.8) is 0 Å². The van der Waals surface area contributed by atoms with Crippen LogP contribution in [-0.2, 0) is 10.0 Å². The molecule has 0 amide bonds. The predicted octanol–water partition coefficient (Wildman–Crippen LogP) is 1.21. The molecular formula is C11H9ClN4O4S. The zero-order valence-corrected chi connectivity index (χ0v) is 11.9. The van der Waals surface area contributed by atoms with E-state index in [1.165, 1.54) is 18.3 Å². The fourth-order valence-corrected chi connectivity index (χ4v) is 2.90. The van der Waals surface area contributed by atoms with Crippen LogP contribution in [0.3, 0.4) is 0 Å². The number of nitrogens with two attached hydrogens (primary N) is 1. The Balaban J connectivity index is 2.49. The Morgan fingerprint density at radius 2 is 2.05 bits per heavy atom. The first-order valence-electron chi connectivity index (χ1n) is 5.44. The Kier molecular flexibility index (Phi) is 3.96. The van der Waals surface area contributed by atoms with Gasteiger partial charge < -0.3 is 10.8 Å². The number of halogens is 1. The fraction of sp³-hybridized carbons (Fsp3) is 0. The van der Waals surface area contributed by atoms with Crippen LogP contribution in [0, 0.1) is 0 Å². The molecule has 0 fully saturated rings. The van der Waals surface area contributed by atoms with Crippen molar-refractivity contribution in [3.05, 3.63) is 41.3 Å². The van der Waals surface area contributed by atoms with E-state index in [0.29, 0.717) is 0 Å². The number of nitrogen functional groups attached to an aromatic ring is 1. The number of hydrogen-bond donors (Lipinski definition) is 3. The zero-order chi connectivity index (χ0) is 15.6. The molecule has 1 aromatic carbocycles. The van der Waals surface area contributed by atoms with Crippen molar-refractivity contribution < 1.29 is 18.3 Å². The highest BCUT2D eigenvalue weighted by Gasteiger charge is 2.23. The van der Waals surface area contributed by atoms with Crippen LogP contribution in [-0.4, -0.2) is 29.5 Å². The Labute approximate surface area is 124 Å². The van der Waals surface area contributed by atoms with Crippen molar-refractivity contribution in [2.75, 3.05) is 10.5 Å². The van der Waals surface area contributed by atoms with Gasteiger partial charge in [-0.25, -0.2) is 18.2 Å². The predicted molar refractivity (Wildman–Crippen MR) is 75.7 cm³/mol. The molecular weight excluding hydrogens is 320 g/mol. The van der Waals surface area contributed by atoms with E-state index in [1.54, 1.807) is 0 Å². The normalized spacial score (nSPS) is 11.1. The van der Waals surface area contributed by atoms with Crippen molar-refractivity contribution in [1.29, 1.82) is 0 Å². The van der Waals surface area contributed by atoms with Gasteiger partial charge in [0.15, 0.2) is 0 Å². The molecule has 8 nitrogen and oxygen atoms in total. The van der Waals surface area contributed by atoms with Crippen LogP contribution in [0.5, 0.6) is 0 Å². The summed E-state index contributed by atoms with van der Waals surface area (Å²) < 4.78 is 26.6. The molecule has 0 unspecified atom stereocenters. The first kappa shape index (κ1) is 15.0. The number of aromatic nitrogens is 2. The monoisotopic (exact) mass is 328 g/mol. The lowest BCUT2D eigenvalue weighted by molar-refractivity contribution is 0.0692. The summed E-state index contributed by atoms with van der Waals surface area (Å²) in [5.41, 5.74) is 5.22. The lowest BCUT2D eigenvalue weighted by Crippen LogP contribution is -2.18.